The van der Waals surface area contributed by atoms with Crippen molar-refractivity contribution in [2.75, 3.05) is 0 Å². The van der Waals surface area contributed by atoms with E-state index < -0.39 is 0 Å². The number of rotatable bonds is 1. The van der Waals surface area contributed by atoms with Gasteiger partial charge in [0.25, 0.3) is 0 Å². The van der Waals surface area contributed by atoms with Gasteiger partial charge >= 0.3 is 4.87 Å². The Morgan fingerprint density at radius 1 is 0.875 bits per heavy atom. The minimum absolute atomic E-state index is 0.0624. The van der Waals surface area contributed by atoms with Gasteiger partial charge in [-0.05, 0) is 24.3 Å². The summed E-state index contributed by atoms with van der Waals surface area (Å²) >= 11 is 1.28. The van der Waals surface area contributed by atoms with E-state index in [4.69, 9.17) is 0 Å². The second-order valence-electron chi connectivity index (χ2n) is 3.51. The maximum absolute atomic E-state index is 11.9. The smallest absolute Gasteiger partial charge is 0.267 e. The zero-order valence-corrected chi connectivity index (χ0v) is 9.28. The zero-order chi connectivity index (χ0) is 11.0. The number of fused-ring (bicyclic) bond motifs is 1. The molecule has 1 aromatic heterocycles. The lowest BCUT2D eigenvalue weighted by Crippen LogP contribution is -2.09. The van der Waals surface area contributed by atoms with E-state index in [-0.39, 0.29) is 4.87 Å². The monoisotopic (exact) mass is 227 g/mol. The van der Waals surface area contributed by atoms with E-state index in [0.717, 1.165) is 15.9 Å². The third-order valence-corrected chi connectivity index (χ3v) is 3.42. The maximum Gasteiger partial charge on any atom is 0.312 e. The Morgan fingerprint density at radius 3 is 2.38 bits per heavy atom. The second kappa shape index (κ2) is 3.61. The standard InChI is InChI=1S/C13H9NOS/c15-13-14(10-6-2-1-3-7-10)11-8-4-5-9-12(11)16-13/h1-9H. The highest BCUT2D eigenvalue weighted by molar-refractivity contribution is 7.16. The van der Waals surface area contributed by atoms with Crippen molar-refractivity contribution in [3.63, 3.8) is 0 Å². The van der Waals surface area contributed by atoms with Gasteiger partial charge in [0.15, 0.2) is 0 Å². The van der Waals surface area contributed by atoms with Gasteiger partial charge in [-0.15, -0.1) is 0 Å². The van der Waals surface area contributed by atoms with E-state index in [0.29, 0.717) is 0 Å². The normalized spacial score (nSPS) is 10.8. The van der Waals surface area contributed by atoms with Crippen LogP contribution in [-0.2, 0) is 0 Å². The Morgan fingerprint density at radius 2 is 1.56 bits per heavy atom. The van der Waals surface area contributed by atoms with Gasteiger partial charge in [-0.1, -0.05) is 41.7 Å². The molecule has 0 aliphatic rings. The van der Waals surface area contributed by atoms with Gasteiger partial charge in [0.1, 0.15) is 0 Å². The van der Waals surface area contributed by atoms with Crippen molar-refractivity contribution in [1.82, 2.24) is 4.57 Å². The van der Waals surface area contributed by atoms with E-state index >= 15 is 0 Å². The molecule has 16 heavy (non-hydrogen) atoms. The van der Waals surface area contributed by atoms with Crippen LogP contribution in [-0.4, -0.2) is 4.57 Å². The molecule has 0 N–H and O–H groups in total. The molecule has 0 saturated heterocycles. The first kappa shape index (κ1) is 9.36. The van der Waals surface area contributed by atoms with Gasteiger partial charge in [-0.2, -0.15) is 0 Å². The summed E-state index contributed by atoms with van der Waals surface area (Å²) < 4.78 is 2.77. The van der Waals surface area contributed by atoms with Crippen LogP contribution in [0.2, 0.25) is 0 Å². The second-order valence-corrected chi connectivity index (χ2v) is 4.50. The molecule has 0 fully saturated rings. The minimum Gasteiger partial charge on any atom is -0.267 e. The van der Waals surface area contributed by atoms with Crippen molar-refractivity contribution >= 4 is 21.6 Å². The number of hydrogen-bond acceptors (Lipinski definition) is 2. The van der Waals surface area contributed by atoms with E-state index in [9.17, 15) is 4.79 Å². The maximum atomic E-state index is 11.9. The average Bonchev–Trinajstić information content (AvgIpc) is 2.66. The molecule has 0 saturated carbocycles. The Hall–Kier alpha value is -1.87. The summed E-state index contributed by atoms with van der Waals surface area (Å²) in [7, 11) is 0. The molecule has 1 heterocycles. The summed E-state index contributed by atoms with van der Waals surface area (Å²) in [5.41, 5.74) is 1.90. The molecule has 2 aromatic carbocycles. The predicted octanol–water partition coefficient (Wildman–Crippen LogP) is 3.05. The zero-order valence-electron chi connectivity index (χ0n) is 8.46. The lowest BCUT2D eigenvalue weighted by atomic mass is 10.3. The lowest BCUT2D eigenvalue weighted by Gasteiger charge is -2.02. The highest BCUT2D eigenvalue weighted by atomic mass is 32.1. The van der Waals surface area contributed by atoms with E-state index in [1.807, 2.05) is 54.6 Å². The number of thiazole rings is 1. The van der Waals surface area contributed by atoms with Gasteiger partial charge in [0.05, 0.1) is 15.9 Å². The number of benzene rings is 2. The summed E-state index contributed by atoms with van der Waals surface area (Å²) in [4.78, 5) is 12.0. The molecule has 3 rings (SSSR count). The van der Waals surface area contributed by atoms with Gasteiger partial charge in [0.2, 0.25) is 0 Å². The van der Waals surface area contributed by atoms with Crippen LogP contribution >= 0.6 is 11.3 Å². The van der Waals surface area contributed by atoms with Crippen LogP contribution in [0.4, 0.5) is 0 Å². The molecule has 0 radical (unpaired) electrons. The quantitative estimate of drug-likeness (QED) is 0.626. The van der Waals surface area contributed by atoms with Crippen LogP contribution in [0.25, 0.3) is 15.9 Å². The summed E-state index contributed by atoms with van der Waals surface area (Å²) in [6, 6.07) is 17.6. The van der Waals surface area contributed by atoms with Gasteiger partial charge in [-0.3, -0.25) is 9.36 Å². The summed E-state index contributed by atoms with van der Waals surface area (Å²) in [5, 5.41) is 0. The highest BCUT2D eigenvalue weighted by Crippen LogP contribution is 2.19. The highest BCUT2D eigenvalue weighted by Gasteiger charge is 2.07. The predicted molar refractivity (Wildman–Crippen MR) is 67.4 cm³/mol. The summed E-state index contributed by atoms with van der Waals surface area (Å²) in [5.74, 6) is 0. The van der Waals surface area contributed by atoms with Crippen LogP contribution in [0.3, 0.4) is 0 Å². The Bertz CT molecular complexity index is 682. The Kier molecular flexibility index (Phi) is 2.11. The molecule has 0 aliphatic heterocycles. The first-order valence-electron chi connectivity index (χ1n) is 5.02. The Labute approximate surface area is 96.4 Å². The largest absolute Gasteiger partial charge is 0.312 e. The van der Waals surface area contributed by atoms with E-state index in [1.54, 1.807) is 4.57 Å². The van der Waals surface area contributed by atoms with Gasteiger partial charge in [0, 0.05) is 0 Å². The fourth-order valence-corrected chi connectivity index (χ4v) is 2.68. The third kappa shape index (κ3) is 1.37. The molecule has 2 nitrogen and oxygen atoms in total. The molecule has 0 bridgehead atoms. The topological polar surface area (TPSA) is 22.0 Å². The lowest BCUT2D eigenvalue weighted by molar-refractivity contribution is 1.09. The fourth-order valence-electron chi connectivity index (χ4n) is 1.79. The first-order valence-corrected chi connectivity index (χ1v) is 5.84. The van der Waals surface area contributed by atoms with Crippen molar-refractivity contribution in [2.45, 2.75) is 0 Å². The molecule has 0 atom stereocenters. The van der Waals surface area contributed by atoms with Crippen LogP contribution < -0.4 is 4.87 Å². The number of hydrogen-bond donors (Lipinski definition) is 0. The van der Waals surface area contributed by atoms with E-state index in [1.165, 1.54) is 11.3 Å². The van der Waals surface area contributed by atoms with Crippen molar-refractivity contribution < 1.29 is 0 Å². The van der Waals surface area contributed by atoms with Crippen LogP contribution in [0, 0.1) is 0 Å². The fraction of sp³-hybridized carbons (Fsp3) is 0. The van der Waals surface area contributed by atoms with Crippen molar-refractivity contribution in [2.24, 2.45) is 0 Å². The van der Waals surface area contributed by atoms with Crippen LogP contribution in [0.15, 0.2) is 59.4 Å². The Balaban J connectivity index is 2.40. The molecule has 3 aromatic rings. The SMILES string of the molecule is O=c1sc2ccccc2n1-c1ccccc1. The minimum atomic E-state index is 0.0624. The molecule has 0 unspecified atom stereocenters. The van der Waals surface area contributed by atoms with Gasteiger partial charge < -0.3 is 0 Å². The molecule has 0 amide bonds. The van der Waals surface area contributed by atoms with Crippen molar-refractivity contribution in [1.29, 1.82) is 0 Å². The molecular weight excluding hydrogens is 218 g/mol. The molecule has 78 valence electrons. The number of nitrogens with zero attached hydrogens (tertiary/aromatic N) is 1. The first-order chi connectivity index (χ1) is 7.86. The number of para-hydroxylation sites is 2. The van der Waals surface area contributed by atoms with Crippen molar-refractivity contribution in [3.05, 3.63) is 64.3 Å². The van der Waals surface area contributed by atoms with E-state index in [2.05, 4.69) is 0 Å². The van der Waals surface area contributed by atoms with Crippen molar-refractivity contribution in [3.8, 4) is 5.69 Å². The summed E-state index contributed by atoms with van der Waals surface area (Å²) in [6.45, 7) is 0. The summed E-state index contributed by atoms with van der Waals surface area (Å²) in [6.07, 6.45) is 0. The molecule has 3 heteroatoms. The molecule has 0 aliphatic carbocycles. The van der Waals surface area contributed by atoms with Crippen LogP contribution in [0.5, 0.6) is 0 Å². The molecular formula is C13H9NOS. The number of aromatic nitrogens is 1. The van der Waals surface area contributed by atoms with Gasteiger partial charge in [-0.25, -0.2) is 0 Å². The third-order valence-electron chi connectivity index (χ3n) is 2.50. The molecule has 0 spiro atoms. The van der Waals surface area contributed by atoms with Crippen LogP contribution in [0.1, 0.15) is 0 Å². The average molecular weight is 227 g/mol.